The van der Waals surface area contributed by atoms with Crippen molar-refractivity contribution in [2.75, 3.05) is 32.7 Å². The van der Waals surface area contributed by atoms with Crippen molar-refractivity contribution in [1.29, 1.82) is 0 Å². The van der Waals surface area contributed by atoms with Crippen molar-refractivity contribution in [2.24, 2.45) is 5.92 Å². The molecule has 0 aliphatic carbocycles. The van der Waals surface area contributed by atoms with Gasteiger partial charge in [0, 0.05) is 63.3 Å². The van der Waals surface area contributed by atoms with Crippen LogP contribution in [-0.4, -0.2) is 64.4 Å². The lowest BCUT2D eigenvalue weighted by Crippen LogP contribution is -2.39. The van der Waals surface area contributed by atoms with E-state index in [9.17, 15) is 9.59 Å². The van der Waals surface area contributed by atoms with Crippen LogP contribution in [0.25, 0.3) is 0 Å². The van der Waals surface area contributed by atoms with Crippen molar-refractivity contribution >= 4 is 23.4 Å². The minimum atomic E-state index is -0.255. The molecule has 0 bridgehead atoms. The molecule has 2 aliphatic heterocycles. The highest BCUT2D eigenvalue weighted by molar-refractivity contribution is 6.30. The van der Waals surface area contributed by atoms with Crippen LogP contribution < -0.4 is 0 Å². The summed E-state index contributed by atoms with van der Waals surface area (Å²) in [5.41, 5.74) is 1.95. The maximum absolute atomic E-state index is 13.1. The van der Waals surface area contributed by atoms with Crippen LogP contribution in [0.4, 0.5) is 0 Å². The van der Waals surface area contributed by atoms with Gasteiger partial charge in [0.2, 0.25) is 11.8 Å². The Bertz CT molecular complexity index is 898. The quantitative estimate of drug-likeness (QED) is 0.729. The second-order valence-electron chi connectivity index (χ2n) is 8.19. The van der Waals surface area contributed by atoms with E-state index in [-0.39, 0.29) is 17.7 Å². The summed E-state index contributed by atoms with van der Waals surface area (Å²) in [4.78, 5) is 31.6. The summed E-state index contributed by atoms with van der Waals surface area (Å²) in [6, 6.07) is 9.44. The second kappa shape index (κ2) is 9.18. The van der Waals surface area contributed by atoms with Crippen molar-refractivity contribution in [3.05, 3.63) is 52.4 Å². The molecule has 4 rings (SSSR count). The standard InChI is InChI=1S/C22H27ClN4O3/c1-16-11-20(24-30-16)15-25-7-2-8-26(10-9-25)22(29)18-12-21(28)27(14-18)13-17-3-5-19(23)6-4-17/h3-6,11,18H,2,7-10,12-15H2,1H3. The predicted molar refractivity (Wildman–Crippen MR) is 113 cm³/mol. The molecule has 1 aromatic heterocycles. The number of rotatable bonds is 5. The van der Waals surface area contributed by atoms with Gasteiger partial charge in [-0.15, -0.1) is 0 Å². The molecule has 2 amide bonds. The fraction of sp³-hybridized carbons (Fsp3) is 0.500. The van der Waals surface area contributed by atoms with Crippen LogP contribution in [0.2, 0.25) is 5.02 Å². The van der Waals surface area contributed by atoms with Crippen molar-refractivity contribution < 1.29 is 14.1 Å². The fourth-order valence-corrected chi connectivity index (χ4v) is 4.36. The molecule has 8 heteroatoms. The van der Waals surface area contributed by atoms with Crippen molar-refractivity contribution in [3.8, 4) is 0 Å². The topological polar surface area (TPSA) is 69.9 Å². The van der Waals surface area contributed by atoms with Gasteiger partial charge in [-0.05, 0) is 31.0 Å². The van der Waals surface area contributed by atoms with Gasteiger partial charge in [-0.3, -0.25) is 14.5 Å². The number of likely N-dealkylation sites (tertiary alicyclic amines) is 1. The molecule has 2 saturated heterocycles. The number of amides is 2. The van der Waals surface area contributed by atoms with Gasteiger partial charge in [0.25, 0.3) is 0 Å². The number of nitrogens with zero attached hydrogens (tertiary/aromatic N) is 4. The lowest BCUT2D eigenvalue weighted by atomic mass is 10.1. The highest BCUT2D eigenvalue weighted by atomic mass is 35.5. The van der Waals surface area contributed by atoms with Crippen LogP contribution >= 0.6 is 11.6 Å². The third-order valence-corrected chi connectivity index (χ3v) is 6.06. The minimum Gasteiger partial charge on any atom is -0.361 e. The molecular weight excluding hydrogens is 404 g/mol. The Morgan fingerprint density at radius 2 is 1.97 bits per heavy atom. The smallest absolute Gasteiger partial charge is 0.228 e. The van der Waals surface area contributed by atoms with Gasteiger partial charge in [-0.25, -0.2) is 0 Å². The largest absolute Gasteiger partial charge is 0.361 e. The summed E-state index contributed by atoms with van der Waals surface area (Å²) in [5, 5.41) is 4.74. The van der Waals surface area contributed by atoms with Gasteiger partial charge < -0.3 is 14.3 Å². The molecule has 1 atom stereocenters. The SMILES string of the molecule is Cc1cc(CN2CCCN(C(=O)C3CC(=O)N(Cc4ccc(Cl)cc4)C3)CC2)no1. The van der Waals surface area contributed by atoms with E-state index in [1.807, 2.05) is 42.2 Å². The highest BCUT2D eigenvalue weighted by Crippen LogP contribution is 2.23. The molecule has 2 aromatic rings. The van der Waals surface area contributed by atoms with Crippen molar-refractivity contribution in [1.82, 2.24) is 19.9 Å². The number of hydrogen-bond donors (Lipinski definition) is 0. The minimum absolute atomic E-state index is 0.0427. The summed E-state index contributed by atoms with van der Waals surface area (Å²) in [6.07, 6.45) is 1.21. The summed E-state index contributed by atoms with van der Waals surface area (Å²) < 4.78 is 5.15. The first-order valence-electron chi connectivity index (χ1n) is 10.4. The maximum atomic E-state index is 13.1. The summed E-state index contributed by atoms with van der Waals surface area (Å²) >= 11 is 5.94. The molecule has 160 valence electrons. The first kappa shape index (κ1) is 20.9. The molecule has 1 unspecified atom stereocenters. The Labute approximate surface area is 181 Å². The van der Waals surface area contributed by atoms with E-state index in [2.05, 4.69) is 10.1 Å². The third kappa shape index (κ3) is 5.02. The third-order valence-electron chi connectivity index (χ3n) is 5.81. The Morgan fingerprint density at radius 3 is 2.70 bits per heavy atom. The van der Waals surface area contributed by atoms with E-state index in [0.29, 0.717) is 31.1 Å². The zero-order valence-electron chi connectivity index (χ0n) is 17.2. The average molecular weight is 431 g/mol. The summed E-state index contributed by atoms with van der Waals surface area (Å²) in [6.45, 7) is 6.75. The van der Waals surface area contributed by atoms with Gasteiger partial charge in [0.05, 0.1) is 11.6 Å². The fourth-order valence-electron chi connectivity index (χ4n) is 4.23. The Hall–Kier alpha value is -2.38. The molecule has 1 aromatic carbocycles. The average Bonchev–Trinajstić information content (AvgIpc) is 3.21. The van der Waals surface area contributed by atoms with E-state index >= 15 is 0 Å². The number of carbonyl (C=O) groups excluding carboxylic acids is 2. The molecule has 0 radical (unpaired) electrons. The van der Waals surface area contributed by atoms with Gasteiger partial charge in [-0.1, -0.05) is 28.9 Å². The molecule has 0 spiro atoms. The van der Waals surface area contributed by atoms with Crippen molar-refractivity contribution in [3.63, 3.8) is 0 Å². The van der Waals surface area contributed by atoms with Crippen molar-refractivity contribution in [2.45, 2.75) is 32.9 Å². The van der Waals surface area contributed by atoms with Gasteiger partial charge in [0.1, 0.15) is 5.76 Å². The molecule has 0 N–H and O–H groups in total. The van der Waals surface area contributed by atoms with Crippen LogP contribution in [-0.2, 0) is 22.7 Å². The lowest BCUT2D eigenvalue weighted by Gasteiger charge is -2.24. The monoisotopic (exact) mass is 430 g/mol. The Morgan fingerprint density at radius 1 is 1.17 bits per heavy atom. The van der Waals surface area contributed by atoms with E-state index in [0.717, 1.165) is 49.6 Å². The molecule has 7 nitrogen and oxygen atoms in total. The first-order valence-corrected chi connectivity index (χ1v) is 10.8. The van der Waals surface area contributed by atoms with Gasteiger partial charge >= 0.3 is 0 Å². The van der Waals surface area contributed by atoms with Crippen LogP contribution in [0.5, 0.6) is 0 Å². The highest BCUT2D eigenvalue weighted by Gasteiger charge is 2.36. The number of aryl methyl sites for hydroxylation is 1. The summed E-state index contributed by atoms with van der Waals surface area (Å²) in [5.74, 6) is 0.697. The molecule has 2 aliphatic rings. The van der Waals surface area contributed by atoms with Gasteiger partial charge in [0.15, 0.2) is 0 Å². The zero-order chi connectivity index (χ0) is 21.1. The van der Waals surface area contributed by atoms with Crippen LogP contribution in [0.15, 0.2) is 34.9 Å². The zero-order valence-corrected chi connectivity index (χ0v) is 18.0. The summed E-state index contributed by atoms with van der Waals surface area (Å²) in [7, 11) is 0. The lowest BCUT2D eigenvalue weighted by molar-refractivity contribution is -0.135. The first-order chi connectivity index (χ1) is 14.5. The molecule has 0 saturated carbocycles. The van der Waals surface area contributed by atoms with E-state index < -0.39 is 0 Å². The normalized spacial score (nSPS) is 20.6. The van der Waals surface area contributed by atoms with Crippen LogP contribution in [0.3, 0.4) is 0 Å². The predicted octanol–water partition coefficient (Wildman–Crippen LogP) is 2.72. The molecule has 3 heterocycles. The Kier molecular flexibility index (Phi) is 6.39. The van der Waals surface area contributed by atoms with Gasteiger partial charge in [-0.2, -0.15) is 0 Å². The number of halogens is 1. The number of hydrogen-bond acceptors (Lipinski definition) is 5. The van der Waals surface area contributed by atoms with E-state index in [1.54, 1.807) is 4.90 Å². The van der Waals surface area contributed by atoms with Crippen LogP contribution in [0, 0.1) is 12.8 Å². The van der Waals surface area contributed by atoms with E-state index in [4.69, 9.17) is 16.1 Å². The second-order valence-corrected chi connectivity index (χ2v) is 8.62. The number of benzene rings is 1. The molecule has 2 fully saturated rings. The Balaban J connectivity index is 1.30. The molecule has 30 heavy (non-hydrogen) atoms. The van der Waals surface area contributed by atoms with E-state index in [1.165, 1.54) is 0 Å². The van der Waals surface area contributed by atoms with Crippen LogP contribution in [0.1, 0.15) is 29.9 Å². The number of aromatic nitrogens is 1. The molecular formula is C22H27ClN4O3. The number of carbonyl (C=O) groups is 2. The maximum Gasteiger partial charge on any atom is 0.228 e.